The van der Waals surface area contributed by atoms with Gasteiger partial charge in [-0.05, 0) is 65.7 Å². The van der Waals surface area contributed by atoms with E-state index in [0.717, 1.165) is 11.6 Å². The van der Waals surface area contributed by atoms with Gasteiger partial charge in [-0.15, -0.1) is 0 Å². The van der Waals surface area contributed by atoms with E-state index in [2.05, 4.69) is 0 Å². The molecule has 0 saturated heterocycles. The third kappa shape index (κ3) is 4.73. The normalized spacial score (nSPS) is 10.6. The molecule has 0 heterocycles. The van der Waals surface area contributed by atoms with E-state index < -0.39 is 0 Å². The predicted octanol–water partition coefficient (Wildman–Crippen LogP) is 5.85. The fourth-order valence-electron chi connectivity index (χ4n) is 3.22. The average Bonchev–Trinajstić information content (AvgIpc) is 2.78. The number of rotatable bonds is 6. The predicted molar refractivity (Wildman–Crippen MR) is 115 cm³/mol. The standard InChI is InChI=1S/C26H19FO4/c27-20-10-6-17(7-11-20)14-19-15-23(25(29)16-24(19)28)26(30)18-8-12-22(13-9-18)31-21-4-2-1-3-5-21/h1-13,15-16,28-29H,14H2. The molecule has 154 valence electrons. The number of phenols is 2. The van der Waals surface area contributed by atoms with Crippen LogP contribution in [0, 0.1) is 5.82 Å². The van der Waals surface area contributed by atoms with Crippen molar-refractivity contribution in [3.63, 3.8) is 0 Å². The van der Waals surface area contributed by atoms with Crippen molar-refractivity contribution < 1.29 is 24.1 Å². The molecule has 0 aliphatic rings. The molecular formula is C26H19FO4. The fraction of sp³-hybridized carbons (Fsp3) is 0.0385. The first-order valence-electron chi connectivity index (χ1n) is 9.66. The van der Waals surface area contributed by atoms with Gasteiger partial charge in [0.25, 0.3) is 0 Å². The van der Waals surface area contributed by atoms with Gasteiger partial charge in [0.1, 0.15) is 28.8 Å². The molecule has 5 heteroatoms. The van der Waals surface area contributed by atoms with Gasteiger partial charge in [0.2, 0.25) is 0 Å². The molecule has 0 aliphatic carbocycles. The van der Waals surface area contributed by atoms with Crippen molar-refractivity contribution in [2.24, 2.45) is 0 Å². The first-order chi connectivity index (χ1) is 15.0. The maximum Gasteiger partial charge on any atom is 0.196 e. The molecule has 4 nitrogen and oxygen atoms in total. The van der Waals surface area contributed by atoms with E-state index in [0.29, 0.717) is 22.6 Å². The third-order valence-electron chi connectivity index (χ3n) is 4.84. The van der Waals surface area contributed by atoms with Gasteiger partial charge >= 0.3 is 0 Å². The van der Waals surface area contributed by atoms with Crippen molar-refractivity contribution in [2.75, 3.05) is 0 Å². The summed E-state index contributed by atoms with van der Waals surface area (Å²) >= 11 is 0. The van der Waals surface area contributed by atoms with E-state index >= 15 is 0 Å². The van der Waals surface area contributed by atoms with Gasteiger partial charge in [-0.25, -0.2) is 4.39 Å². The quantitative estimate of drug-likeness (QED) is 0.388. The number of hydrogen-bond acceptors (Lipinski definition) is 4. The van der Waals surface area contributed by atoms with Crippen LogP contribution in [0.15, 0.2) is 91.0 Å². The van der Waals surface area contributed by atoms with Crippen LogP contribution < -0.4 is 4.74 Å². The number of carbonyl (C=O) groups excluding carboxylic acids is 1. The maximum absolute atomic E-state index is 13.1. The zero-order valence-electron chi connectivity index (χ0n) is 16.5. The molecule has 2 N–H and O–H groups in total. The van der Waals surface area contributed by atoms with Crippen molar-refractivity contribution in [1.29, 1.82) is 0 Å². The van der Waals surface area contributed by atoms with Gasteiger partial charge in [0, 0.05) is 18.1 Å². The van der Waals surface area contributed by atoms with Gasteiger partial charge in [0.05, 0.1) is 5.56 Å². The summed E-state index contributed by atoms with van der Waals surface area (Å²) in [6.07, 6.45) is 0.288. The van der Waals surface area contributed by atoms with Crippen LogP contribution in [-0.2, 0) is 6.42 Å². The number of ketones is 1. The minimum atomic E-state index is -0.385. The van der Waals surface area contributed by atoms with Crippen LogP contribution in [0.1, 0.15) is 27.0 Å². The number of benzene rings is 4. The minimum absolute atomic E-state index is 0.0756. The lowest BCUT2D eigenvalue weighted by Gasteiger charge is -2.11. The Hall–Kier alpha value is -4.12. The molecule has 4 aromatic carbocycles. The smallest absolute Gasteiger partial charge is 0.196 e. The second-order valence-corrected chi connectivity index (χ2v) is 7.07. The Morgan fingerprint density at radius 1 is 0.774 bits per heavy atom. The average molecular weight is 414 g/mol. The van der Waals surface area contributed by atoms with Crippen LogP contribution in [0.5, 0.6) is 23.0 Å². The Morgan fingerprint density at radius 3 is 2.10 bits per heavy atom. The molecule has 0 bridgehead atoms. The highest BCUT2D eigenvalue weighted by atomic mass is 19.1. The third-order valence-corrected chi connectivity index (χ3v) is 4.84. The summed E-state index contributed by atoms with van der Waals surface area (Å²) in [5.41, 5.74) is 1.67. The molecule has 0 saturated carbocycles. The van der Waals surface area contributed by atoms with Crippen LogP contribution in [0.4, 0.5) is 4.39 Å². The van der Waals surface area contributed by atoms with Gasteiger partial charge < -0.3 is 14.9 Å². The highest BCUT2D eigenvalue weighted by Gasteiger charge is 2.17. The van der Waals surface area contributed by atoms with Crippen molar-refractivity contribution in [3.05, 3.63) is 119 Å². The zero-order chi connectivity index (χ0) is 21.8. The molecule has 0 atom stereocenters. The lowest BCUT2D eigenvalue weighted by Crippen LogP contribution is -2.03. The Bertz CT molecular complexity index is 1200. The van der Waals surface area contributed by atoms with Crippen molar-refractivity contribution in [3.8, 4) is 23.0 Å². The molecule has 31 heavy (non-hydrogen) atoms. The first-order valence-corrected chi connectivity index (χ1v) is 9.66. The number of hydrogen-bond donors (Lipinski definition) is 2. The highest BCUT2D eigenvalue weighted by molar-refractivity contribution is 6.11. The maximum atomic E-state index is 13.1. The molecule has 0 unspecified atom stereocenters. The van der Waals surface area contributed by atoms with Crippen molar-refractivity contribution in [1.82, 2.24) is 0 Å². The van der Waals surface area contributed by atoms with Crippen LogP contribution in [-0.4, -0.2) is 16.0 Å². The first kappa shape index (κ1) is 20.2. The summed E-state index contributed by atoms with van der Waals surface area (Å²) in [7, 11) is 0. The molecule has 0 aromatic heterocycles. The van der Waals surface area contributed by atoms with Crippen LogP contribution >= 0.6 is 0 Å². The summed E-state index contributed by atoms with van der Waals surface area (Å²) in [5.74, 6) is 0.0798. The largest absolute Gasteiger partial charge is 0.508 e. The van der Waals surface area contributed by atoms with E-state index in [1.165, 1.54) is 18.2 Å². The second-order valence-electron chi connectivity index (χ2n) is 7.07. The Labute approximate surface area is 178 Å². The molecule has 0 amide bonds. The van der Waals surface area contributed by atoms with Crippen molar-refractivity contribution in [2.45, 2.75) is 6.42 Å². The SMILES string of the molecule is O=C(c1ccc(Oc2ccccc2)cc1)c1cc(Cc2ccc(F)cc2)c(O)cc1O. The Morgan fingerprint density at radius 2 is 1.42 bits per heavy atom. The Balaban J connectivity index is 1.56. The molecule has 0 fully saturated rings. The molecule has 4 aromatic rings. The highest BCUT2D eigenvalue weighted by Crippen LogP contribution is 2.31. The number of halogens is 1. The number of phenolic OH excluding ortho intramolecular Hbond substituents is 2. The number of carbonyl (C=O) groups is 1. The Kier molecular flexibility index (Phi) is 5.67. The number of para-hydroxylation sites is 1. The van der Waals surface area contributed by atoms with E-state index in [1.54, 1.807) is 36.4 Å². The monoisotopic (exact) mass is 414 g/mol. The van der Waals surface area contributed by atoms with Gasteiger partial charge in [-0.2, -0.15) is 0 Å². The van der Waals surface area contributed by atoms with E-state index in [4.69, 9.17) is 4.74 Å². The zero-order valence-corrected chi connectivity index (χ0v) is 16.5. The molecule has 0 aliphatic heterocycles. The lowest BCUT2D eigenvalue weighted by atomic mass is 9.96. The molecule has 0 radical (unpaired) electrons. The minimum Gasteiger partial charge on any atom is -0.508 e. The summed E-state index contributed by atoms with van der Waals surface area (Å²) in [5, 5.41) is 20.4. The summed E-state index contributed by atoms with van der Waals surface area (Å²) in [6.45, 7) is 0. The summed E-state index contributed by atoms with van der Waals surface area (Å²) < 4.78 is 18.9. The van der Waals surface area contributed by atoms with Crippen LogP contribution in [0.3, 0.4) is 0 Å². The molecule has 4 rings (SSSR count). The van der Waals surface area contributed by atoms with E-state index in [9.17, 15) is 19.4 Å². The summed E-state index contributed by atoms with van der Waals surface area (Å²) in [6, 6.07) is 24.4. The number of aromatic hydroxyl groups is 2. The number of ether oxygens (including phenoxy) is 1. The van der Waals surface area contributed by atoms with Crippen molar-refractivity contribution >= 4 is 5.78 Å². The summed E-state index contributed by atoms with van der Waals surface area (Å²) in [4.78, 5) is 13.0. The van der Waals surface area contributed by atoms with Gasteiger partial charge in [0.15, 0.2) is 5.78 Å². The molecule has 0 spiro atoms. The topological polar surface area (TPSA) is 66.8 Å². The molecular weight excluding hydrogens is 395 g/mol. The van der Waals surface area contributed by atoms with E-state index in [-0.39, 0.29) is 35.1 Å². The van der Waals surface area contributed by atoms with Gasteiger partial charge in [-0.3, -0.25) is 4.79 Å². The lowest BCUT2D eigenvalue weighted by molar-refractivity contribution is 0.103. The van der Waals surface area contributed by atoms with Crippen LogP contribution in [0.2, 0.25) is 0 Å². The van der Waals surface area contributed by atoms with Gasteiger partial charge in [-0.1, -0.05) is 30.3 Å². The van der Waals surface area contributed by atoms with E-state index in [1.807, 2.05) is 30.3 Å². The fourth-order valence-corrected chi connectivity index (χ4v) is 3.22. The van der Waals surface area contributed by atoms with Crippen LogP contribution in [0.25, 0.3) is 0 Å². The second kappa shape index (κ2) is 8.71.